The van der Waals surface area contributed by atoms with Crippen LogP contribution in [0.4, 0.5) is 0 Å². The topological polar surface area (TPSA) is 25.8 Å². The zero-order valence-electron chi connectivity index (χ0n) is 29.4. The Labute approximate surface area is 312 Å². The minimum absolute atomic E-state index is 0.913. The van der Waals surface area contributed by atoms with Gasteiger partial charge in [-0.15, -0.1) is 0 Å². The Morgan fingerprint density at radius 2 is 0.722 bits per heavy atom. The van der Waals surface area contributed by atoms with Crippen LogP contribution in [-0.4, -0.2) is 9.97 Å². The minimum atomic E-state index is 0.913. The number of benzene rings is 9. The first-order valence-electron chi connectivity index (χ1n) is 18.5. The number of nitrogens with zero attached hydrogens (tertiary/aromatic N) is 2. The standard InChI is InChI=1S/C52H32N2/c1-2-13-33(14-3-1)47-29-27-34-25-26-35-28-30-48(54-52(35)51(34)53-47)37-16-12-17-38(31-37)49-42-21-8-10-23-44(42)50(45-24-11-9-22-43(45)49)46-32-36-15-4-5-18-39(36)40-19-6-7-20-41(40)46/h1-32H. The van der Waals surface area contributed by atoms with Crippen molar-refractivity contribution in [3.8, 4) is 44.8 Å². The van der Waals surface area contributed by atoms with Crippen LogP contribution in [0, 0.1) is 0 Å². The van der Waals surface area contributed by atoms with E-state index in [0.29, 0.717) is 0 Å². The van der Waals surface area contributed by atoms with Gasteiger partial charge in [0.05, 0.1) is 22.4 Å². The molecular weight excluding hydrogens is 653 g/mol. The molecule has 2 heterocycles. The maximum Gasteiger partial charge on any atom is 0.0972 e. The molecule has 11 aromatic rings. The van der Waals surface area contributed by atoms with Gasteiger partial charge in [-0.25, -0.2) is 9.97 Å². The van der Waals surface area contributed by atoms with Crippen molar-refractivity contribution >= 4 is 64.9 Å². The number of rotatable bonds is 4. The summed E-state index contributed by atoms with van der Waals surface area (Å²) in [6.07, 6.45) is 0. The lowest BCUT2D eigenvalue weighted by atomic mass is 9.83. The summed E-state index contributed by atoms with van der Waals surface area (Å²) >= 11 is 0. The first-order chi connectivity index (χ1) is 26.8. The summed E-state index contributed by atoms with van der Waals surface area (Å²) in [5.41, 5.74) is 10.8. The molecule has 54 heavy (non-hydrogen) atoms. The molecule has 0 aliphatic rings. The highest BCUT2D eigenvalue weighted by Crippen LogP contribution is 2.47. The minimum Gasteiger partial charge on any atom is -0.245 e. The number of fused-ring (bicyclic) bond motifs is 8. The largest absolute Gasteiger partial charge is 0.245 e. The number of hydrogen-bond donors (Lipinski definition) is 0. The van der Waals surface area contributed by atoms with Gasteiger partial charge in [0.1, 0.15) is 0 Å². The molecule has 0 aliphatic heterocycles. The van der Waals surface area contributed by atoms with Crippen molar-refractivity contribution in [2.75, 3.05) is 0 Å². The smallest absolute Gasteiger partial charge is 0.0972 e. The van der Waals surface area contributed by atoms with Crippen LogP contribution in [0.15, 0.2) is 194 Å². The Bertz CT molecular complexity index is 3210. The molecule has 0 atom stereocenters. The molecule has 2 heteroatoms. The molecule has 0 bridgehead atoms. The molecule has 250 valence electrons. The third-order valence-electron chi connectivity index (χ3n) is 11.0. The zero-order chi connectivity index (χ0) is 35.6. The van der Waals surface area contributed by atoms with E-state index in [2.05, 4.69) is 188 Å². The van der Waals surface area contributed by atoms with Gasteiger partial charge in [-0.05, 0) is 89.6 Å². The summed E-state index contributed by atoms with van der Waals surface area (Å²) in [5, 5.41) is 12.2. The molecule has 0 spiro atoms. The Morgan fingerprint density at radius 3 is 1.37 bits per heavy atom. The molecule has 0 saturated carbocycles. The van der Waals surface area contributed by atoms with Gasteiger partial charge in [0.15, 0.2) is 0 Å². The van der Waals surface area contributed by atoms with Gasteiger partial charge in [0.2, 0.25) is 0 Å². The zero-order valence-corrected chi connectivity index (χ0v) is 29.4. The molecule has 0 saturated heterocycles. The van der Waals surface area contributed by atoms with Crippen molar-refractivity contribution in [1.82, 2.24) is 9.97 Å². The average Bonchev–Trinajstić information content (AvgIpc) is 3.25. The van der Waals surface area contributed by atoms with Gasteiger partial charge in [0.25, 0.3) is 0 Å². The highest BCUT2D eigenvalue weighted by molar-refractivity contribution is 6.25. The second-order valence-corrected chi connectivity index (χ2v) is 14.1. The van der Waals surface area contributed by atoms with E-state index in [1.165, 1.54) is 65.3 Å². The summed E-state index contributed by atoms with van der Waals surface area (Å²) in [5.74, 6) is 0. The fourth-order valence-electron chi connectivity index (χ4n) is 8.52. The molecule has 9 aromatic carbocycles. The molecule has 2 aromatic heterocycles. The summed E-state index contributed by atoms with van der Waals surface area (Å²) in [6, 6.07) is 69.9. The van der Waals surface area contributed by atoms with Crippen LogP contribution in [0.3, 0.4) is 0 Å². The van der Waals surface area contributed by atoms with E-state index in [0.717, 1.165) is 44.3 Å². The van der Waals surface area contributed by atoms with Crippen LogP contribution in [0.1, 0.15) is 0 Å². The summed E-state index contributed by atoms with van der Waals surface area (Å²) in [6.45, 7) is 0. The van der Waals surface area contributed by atoms with Crippen molar-refractivity contribution in [3.05, 3.63) is 194 Å². The predicted molar refractivity (Wildman–Crippen MR) is 229 cm³/mol. The average molecular weight is 685 g/mol. The molecule has 0 radical (unpaired) electrons. The molecule has 11 rings (SSSR count). The van der Waals surface area contributed by atoms with Crippen LogP contribution >= 0.6 is 0 Å². The van der Waals surface area contributed by atoms with Gasteiger partial charge in [-0.2, -0.15) is 0 Å². The Hall–Kier alpha value is -7.16. The van der Waals surface area contributed by atoms with Crippen molar-refractivity contribution in [3.63, 3.8) is 0 Å². The Kier molecular flexibility index (Phi) is 6.90. The fraction of sp³-hybridized carbons (Fsp3) is 0. The van der Waals surface area contributed by atoms with E-state index < -0.39 is 0 Å². The van der Waals surface area contributed by atoms with Crippen LogP contribution in [-0.2, 0) is 0 Å². The molecule has 0 N–H and O–H groups in total. The predicted octanol–water partition coefficient (Wildman–Crippen LogP) is 14.1. The molecule has 0 unspecified atom stereocenters. The van der Waals surface area contributed by atoms with Crippen molar-refractivity contribution < 1.29 is 0 Å². The van der Waals surface area contributed by atoms with Gasteiger partial charge >= 0.3 is 0 Å². The lowest BCUT2D eigenvalue weighted by Gasteiger charge is -2.20. The number of aromatic nitrogens is 2. The van der Waals surface area contributed by atoms with E-state index in [-0.39, 0.29) is 0 Å². The first kappa shape index (κ1) is 30.5. The van der Waals surface area contributed by atoms with Crippen LogP contribution in [0.2, 0.25) is 0 Å². The Morgan fingerprint density at radius 1 is 0.259 bits per heavy atom. The summed E-state index contributed by atoms with van der Waals surface area (Å²) in [7, 11) is 0. The van der Waals surface area contributed by atoms with E-state index in [4.69, 9.17) is 9.97 Å². The second kappa shape index (κ2) is 12.2. The van der Waals surface area contributed by atoms with Crippen molar-refractivity contribution in [2.45, 2.75) is 0 Å². The van der Waals surface area contributed by atoms with Crippen LogP contribution in [0.25, 0.3) is 110 Å². The number of pyridine rings is 2. The van der Waals surface area contributed by atoms with Gasteiger partial charge in [-0.1, -0.05) is 170 Å². The summed E-state index contributed by atoms with van der Waals surface area (Å²) in [4.78, 5) is 10.5. The highest BCUT2D eigenvalue weighted by Gasteiger charge is 2.19. The molecule has 0 aliphatic carbocycles. The van der Waals surface area contributed by atoms with Gasteiger partial charge < -0.3 is 0 Å². The highest BCUT2D eigenvalue weighted by atomic mass is 14.8. The normalized spacial score (nSPS) is 11.7. The quantitative estimate of drug-likeness (QED) is 0.136. The Balaban J connectivity index is 1.12. The summed E-state index contributed by atoms with van der Waals surface area (Å²) < 4.78 is 0. The molecular formula is C52H32N2. The number of hydrogen-bond acceptors (Lipinski definition) is 2. The lowest BCUT2D eigenvalue weighted by molar-refractivity contribution is 1.36. The van der Waals surface area contributed by atoms with Crippen LogP contribution < -0.4 is 0 Å². The lowest BCUT2D eigenvalue weighted by Crippen LogP contribution is -1.93. The van der Waals surface area contributed by atoms with Gasteiger partial charge in [0, 0.05) is 21.9 Å². The first-order valence-corrected chi connectivity index (χ1v) is 18.5. The fourth-order valence-corrected chi connectivity index (χ4v) is 8.52. The maximum absolute atomic E-state index is 5.31. The van der Waals surface area contributed by atoms with Gasteiger partial charge in [-0.3, -0.25) is 0 Å². The SMILES string of the molecule is c1ccc(-c2ccc3ccc4ccc(-c5cccc(-c6c7ccccc7c(-c7cc8ccccc8c8ccccc78)c7ccccc67)c5)nc4c3n2)cc1. The molecule has 0 fully saturated rings. The van der Waals surface area contributed by atoms with E-state index >= 15 is 0 Å². The second-order valence-electron chi connectivity index (χ2n) is 14.1. The monoisotopic (exact) mass is 684 g/mol. The third kappa shape index (κ3) is 4.81. The third-order valence-corrected chi connectivity index (χ3v) is 11.0. The molecule has 2 nitrogen and oxygen atoms in total. The van der Waals surface area contributed by atoms with Crippen molar-refractivity contribution in [2.24, 2.45) is 0 Å². The van der Waals surface area contributed by atoms with E-state index in [1.807, 2.05) is 6.07 Å². The van der Waals surface area contributed by atoms with Crippen molar-refractivity contribution in [1.29, 1.82) is 0 Å². The van der Waals surface area contributed by atoms with E-state index in [1.54, 1.807) is 0 Å². The maximum atomic E-state index is 5.31. The van der Waals surface area contributed by atoms with Crippen LogP contribution in [0.5, 0.6) is 0 Å². The molecule has 0 amide bonds. The van der Waals surface area contributed by atoms with E-state index in [9.17, 15) is 0 Å².